The summed E-state index contributed by atoms with van der Waals surface area (Å²) in [5, 5.41) is 14.6. The molecule has 0 radical (unpaired) electrons. The van der Waals surface area contributed by atoms with Crippen molar-refractivity contribution >= 4 is 0 Å². The van der Waals surface area contributed by atoms with E-state index in [4.69, 9.17) is 0 Å². The van der Waals surface area contributed by atoms with Crippen LogP contribution in [0.2, 0.25) is 0 Å². The van der Waals surface area contributed by atoms with Gasteiger partial charge in [-0.3, -0.25) is 4.39 Å². The van der Waals surface area contributed by atoms with Crippen LogP contribution in [0.25, 0.3) is 0 Å². The van der Waals surface area contributed by atoms with Crippen molar-refractivity contribution in [3.05, 3.63) is 48.5 Å². The number of aromatic nitrogens is 3. The van der Waals surface area contributed by atoms with E-state index in [0.717, 1.165) is 5.56 Å². The van der Waals surface area contributed by atoms with Crippen molar-refractivity contribution < 1.29 is 9.50 Å². The lowest BCUT2D eigenvalue weighted by molar-refractivity contribution is -0.0109. The fraction of sp³-hybridized carbons (Fsp3) is 0.467. The van der Waals surface area contributed by atoms with Crippen LogP contribution in [-0.4, -0.2) is 32.6 Å². The fourth-order valence-electron chi connectivity index (χ4n) is 2.19. The summed E-state index contributed by atoms with van der Waals surface area (Å²) >= 11 is 0. The second kappa shape index (κ2) is 6.13. The normalized spacial score (nSPS) is 15.0. The molecule has 1 aromatic heterocycles. The van der Waals surface area contributed by atoms with E-state index in [0.29, 0.717) is 6.42 Å². The maximum atomic E-state index is 13.2. The van der Waals surface area contributed by atoms with Gasteiger partial charge in [-0.15, -0.1) is 0 Å². The molecular weight excluding hydrogens is 257 g/mol. The molecule has 0 saturated carbocycles. The van der Waals surface area contributed by atoms with Gasteiger partial charge in [0.25, 0.3) is 0 Å². The molecule has 2 unspecified atom stereocenters. The molecule has 1 heterocycles. The molecule has 0 aliphatic rings. The third-order valence-electron chi connectivity index (χ3n) is 3.57. The summed E-state index contributed by atoms with van der Waals surface area (Å²) in [6, 6.07) is 9.46. The number of rotatable bonds is 6. The molecule has 2 atom stereocenters. The summed E-state index contributed by atoms with van der Waals surface area (Å²) < 4.78 is 14.8. The highest BCUT2D eigenvalue weighted by molar-refractivity contribution is 5.16. The van der Waals surface area contributed by atoms with Crippen LogP contribution in [0.5, 0.6) is 0 Å². The smallest absolute Gasteiger partial charge is 0.137 e. The van der Waals surface area contributed by atoms with E-state index in [1.54, 1.807) is 24.9 Å². The Bertz CT molecular complexity index is 513. The summed E-state index contributed by atoms with van der Waals surface area (Å²) in [5.74, 6) is 0. The second-order valence-electron chi connectivity index (χ2n) is 5.70. The van der Waals surface area contributed by atoms with Gasteiger partial charge in [0.2, 0.25) is 0 Å². The Balaban J connectivity index is 2.26. The number of hydrogen-bond donors (Lipinski definition) is 1. The molecule has 0 bridgehead atoms. The van der Waals surface area contributed by atoms with Gasteiger partial charge in [0, 0.05) is 5.41 Å². The number of aliphatic hydroxyl groups is 1. The van der Waals surface area contributed by atoms with Crippen LogP contribution >= 0.6 is 0 Å². The summed E-state index contributed by atoms with van der Waals surface area (Å²) in [6.07, 6.45) is 2.71. The van der Waals surface area contributed by atoms with Crippen LogP contribution in [0.4, 0.5) is 4.39 Å². The SMILES string of the molecule is CC(C)(CF)C(O)C(Cc1ccccc1)n1cncn1. The highest BCUT2D eigenvalue weighted by Gasteiger charge is 2.35. The molecule has 20 heavy (non-hydrogen) atoms. The minimum absolute atomic E-state index is 0.342. The van der Waals surface area contributed by atoms with E-state index >= 15 is 0 Å². The summed E-state index contributed by atoms with van der Waals surface area (Å²) in [5.41, 5.74) is 0.243. The quantitative estimate of drug-likeness (QED) is 0.882. The highest BCUT2D eigenvalue weighted by Crippen LogP contribution is 2.31. The van der Waals surface area contributed by atoms with E-state index < -0.39 is 18.2 Å². The predicted octanol–water partition coefficient (Wildman–Crippen LogP) is 2.42. The number of hydrogen-bond acceptors (Lipinski definition) is 3. The average molecular weight is 277 g/mol. The lowest BCUT2D eigenvalue weighted by Crippen LogP contribution is -2.40. The zero-order chi connectivity index (χ0) is 14.6. The molecule has 0 saturated heterocycles. The molecular formula is C15H20FN3O. The Morgan fingerprint density at radius 1 is 1.30 bits per heavy atom. The number of aliphatic hydroxyl groups excluding tert-OH is 1. The Morgan fingerprint density at radius 2 is 2.00 bits per heavy atom. The Hall–Kier alpha value is -1.75. The first-order valence-corrected chi connectivity index (χ1v) is 6.66. The maximum absolute atomic E-state index is 13.2. The van der Waals surface area contributed by atoms with Crippen LogP contribution in [0.1, 0.15) is 25.5 Å². The number of alkyl halides is 1. The van der Waals surface area contributed by atoms with Crippen LogP contribution < -0.4 is 0 Å². The van der Waals surface area contributed by atoms with Crippen molar-refractivity contribution in [2.75, 3.05) is 6.67 Å². The average Bonchev–Trinajstić information content (AvgIpc) is 2.99. The topological polar surface area (TPSA) is 50.9 Å². The van der Waals surface area contributed by atoms with Gasteiger partial charge in [-0.05, 0) is 12.0 Å². The lowest BCUT2D eigenvalue weighted by atomic mass is 9.82. The van der Waals surface area contributed by atoms with E-state index in [-0.39, 0.29) is 6.04 Å². The standard InChI is InChI=1S/C15H20FN3O/c1-15(2,9-16)14(20)13(19-11-17-10-18-19)8-12-6-4-3-5-7-12/h3-7,10-11,13-14,20H,8-9H2,1-2H3. The summed E-state index contributed by atoms with van der Waals surface area (Å²) in [6.45, 7) is 2.84. The summed E-state index contributed by atoms with van der Waals surface area (Å²) in [7, 11) is 0. The van der Waals surface area contributed by atoms with Crippen LogP contribution in [0, 0.1) is 5.41 Å². The van der Waals surface area contributed by atoms with Gasteiger partial charge in [0.05, 0.1) is 18.8 Å². The summed E-state index contributed by atoms with van der Waals surface area (Å²) in [4.78, 5) is 3.92. The van der Waals surface area contributed by atoms with Gasteiger partial charge in [-0.2, -0.15) is 5.10 Å². The first-order chi connectivity index (χ1) is 9.54. The second-order valence-corrected chi connectivity index (χ2v) is 5.70. The molecule has 108 valence electrons. The minimum atomic E-state index is -0.852. The van der Waals surface area contributed by atoms with Gasteiger partial charge in [0.15, 0.2) is 0 Å². The van der Waals surface area contributed by atoms with Gasteiger partial charge in [-0.25, -0.2) is 9.67 Å². The number of nitrogens with zero attached hydrogens (tertiary/aromatic N) is 3. The van der Waals surface area contributed by atoms with Crippen LogP contribution in [0.3, 0.4) is 0 Å². The third-order valence-corrected chi connectivity index (χ3v) is 3.57. The molecule has 0 amide bonds. The van der Waals surface area contributed by atoms with Crippen LogP contribution in [0.15, 0.2) is 43.0 Å². The van der Waals surface area contributed by atoms with E-state index in [2.05, 4.69) is 10.1 Å². The molecule has 4 nitrogen and oxygen atoms in total. The van der Waals surface area contributed by atoms with E-state index in [1.807, 2.05) is 30.3 Å². The van der Waals surface area contributed by atoms with Gasteiger partial charge < -0.3 is 5.11 Å². The molecule has 0 aliphatic heterocycles. The van der Waals surface area contributed by atoms with Crippen molar-refractivity contribution in [2.45, 2.75) is 32.4 Å². The number of benzene rings is 1. The monoisotopic (exact) mass is 277 g/mol. The Kier molecular flexibility index (Phi) is 4.49. The molecule has 0 fully saturated rings. The van der Waals surface area contributed by atoms with E-state index in [1.165, 1.54) is 6.33 Å². The molecule has 1 aromatic carbocycles. The molecule has 0 aliphatic carbocycles. The molecule has 2 aromatic rings. The van der Waals surface area contributed by atoms with Gasteiger partial charge in [0.1, 0.15) is 12.7 Å². The first-order valence-electron chi connectivity index (χ1n) is 6.66. The molecule has 5 heteroatoms. The molecule has 0 spiro atoms. The Morgan fingerprint density at radius 3 is 2.55 bits per heavy atom. The van der Waals surface area contributed by atoms with Crippen molar-refractivity contribution in [1.29, 1.82) is 0 Å². The predicted molar refractivity (Wildman–Crippen MR) is 75.0 cm³/mol. The maximum Gasteiger partial charge on any atom is 0.137 e. The van der Waals surface area contributed by atoms with Gasteiger partial charge >= 0.3 is 0 Å². The fourth-order valence-corrected chi connectivity index (χ4v) is 2.19. The Labute approximate surface area is 118 Å². The largest absolute Gasteiger partial charge is 0.390 e. The first kappa shape index (κ1) is 14.7. The highest BCUT2D eigenvalue weighted by atomic mass is 19.1. The lowest BCUT2D eigenvalue weighted by Gasteiger charge is -2.33. The van der Waals surface area contributed by atoms with Crippen molar-refractivity contribution in [3.63, 3.8) is 0 Å². The van der Waals surface area contributed by atoms with Crippen LogP contribution in [-0.2, 0) is 6.42 Å². The molecule has 1 N–H and O–H groups in total. The van der Waals surface area contributed by atoms with Crippen molar-refractivity contribution in [1.82, 2.24) is 14.8 Å². The third kappa shape index (κ3) is 3.22. The zero-order valence-electron chi connectivity index (χ0n) is 11.8. The van der Waals surface area contributed by atoms with Crippen molar-refractivity contribution in [2.24, 2.45) is 5.41 Å². The van der Waals surface area contributed by atoms with E-state index in [9.17, 15) is 9.50 Å². The zero-order valence-corrected chi connectivity index (χ0v) is 11.8. The number of halogens is 1. The molecule has 2 rings (SSSR count). The van der Waals surface area contributed by atoms with Crippen molar-refractivity contribution in [3.8, 4) is 0 Å². The minimum Gasteiger partial charge on any atom is -0.390 e. The van der Waals surface area contributed by atoms with Gasteiger partial charge in [-0.1, -0.05) is 44.2 Å².